The minimum atomic E-state index is -0.412. The number of nitrogens with one attached hydrogen (secondary N) is 2. The van der Waals surface area contributed by atoms with E-state index in [4.69, 9.17) is 4.74 Å². The maximum Gasteiger partial charge on any atom is 0.235 e. The van der Waals surface area contributed by atoms with Gasteiger partial charge in [0.1, 0.15) is 5.82 Å². The lowest BCUT2D eigenvalue weighted by atomic mass is 9.81. The molecule has 7 nitrogen and oxygen atoms in total. The highest BCUT2D eigenvalue weighted by atomic mass is 19.1. The maximum absolute atomic E-state index is 14.7. The number of rotatable bonds is 4. The van der Waals surface area contributed by atoms with Crippen LogP contribution in [0, 0.1) is 17.7 Å². The molecular weight excluding hydrogens is 365 g/mol. The van der Waals surface area contributed by atoms with Gasteiger partial charge in [-0.25, -0.2) is 4.39 Å². The molecule has 3 fully saturated rings. The first-order valence-corrected chi connectivity index (χ1v) is 9.86. The van der Waals surface area contributed by atoms with Crippen LogP contribution in [0.15, 0.2) is 12.1 Å². The van der Waals surface area contributed by atoms with Crippen molar-refractivity contribution in [2.75, 3.05) is 18.4 Å². The first-order chi connectivity index (χ1) is 13.5. The van der Waals surface area contributed by atoms with Crippen molar-refractivity contribution in [2.24, 2.45) is 11.8 Å². The second-order valence-corrected chi connectivity index (χ2v) is 7.96. The molecular formula is C20H22FN3O4. The van der Waals surface area contributed by atoms with Crippen molar-refractivity contribution in [3.63, 3.8) is 0 Å². The Balaban J connectivity index is 1.23. The van der Waals surface area contributed by atoms with Gasteiger partial charge in [-0.15, -0.1) is 0 Å². The number of anilines is 1. The first-order valence-electron chi connectivity index (χ1n) is 9.86. The second kappa shape index (κ2) is 6.63. The molecule has 0 radical (unpaired) electrons. The van der Waals surface area contributed by atoms with E-state index in [1.54, 1.807) is 6.07 Å². The van der Waals surface area contributed by atoms with Crippen molar-refractivity contribution in [2.45, 2.75) is 44.4 Å². The minimum Gasteiger partial charge on any atom is -0.373 e. The second-order valence-electron chi connectivity index (χ2n) is 7.96. The fraction of sp³-hybridized carbons (Fsp3) is 0.550. The van der Waals surface area contributed by atoms with Crippen LogP contribution >= 0.6 is 0 Å². The predicted octanol–water partition coefficient (Wildman–Crippen LogP) is 0.962. The molecule has 3 saturated heterocycles. The molecule has 4 aliphatic heterocycles. The zero-order chi connectivity index (χ0) is 19.4. The lowest BCUT2D eigenvalue weighted by Gasteiger charge is -2.20. The molecule has 3 amide bonds. The van der Waals surface area contributed by atoms with Crippen LogP contribution in [-0.4, -0.2) is 47.9 Å². The number of carbonyl (C=O) groups is 3. The minimum absolute atomic E-state index is 0.0203. The van der Waals surface area contributed by atoms with Crippen molar-refractivity contribution >= 4 is 23.4 Å². The normalized spacial score (nSPS) is 30.5. The number of amides is 3. The molecule has 2 bridgehead atoms. The van der Waals surface area contributed by atoms with Gasteiger partial charge in [-0.05, 0) is 43.0 Å². The largest absolute Gasteiger partial charge is 0.373 e. The van der Waals surface area contributed by atoms with Crippen molar-refractivity contribution < 1.29 is 23.5 Å². The Bertz CT molecular complexity index is 845. The number of imide groups is 1. The third kappa shape index (κ3) is 2.66. The Morgan fingerprint density at radius 1 is 1.21 bits per heavy atom. The van der Waals surface area contributed by atoms with Crippen LogP contribution in [0.3, 0.4) is 0 Å². The summed E-state index contributed by atoms with van der Waals surface area (Å²) < 4.78 is 20.4. The van der Waals surface area contributed by atoms with Crippen molar-refractivity contribution in [3.8, 4) is 0 Å². The van der Waals surface area contributed by atoms with Crippen LogP contribution in [0.2, 0.25) is 0 Å². The van der Waals surface area contributed by atoms with Gasteiger partial charge in [-0.1, -0.05) is 6.07 Å². The zero-order valence-corrected chi connectivity index (χ0v) is 15.4. The summed E-state index contributed by atoms with van der Waals surface area (Å²) in [6.45, 7) is 1.34. The molecule has 0 saturated carbocycles. The molecule has 0 aliphatic carbocycles. The Hall–Kier alpha value is -2.32. The van der Waals surface area contributed by atoms with Crippen molar-refractivity contribution in [3.05, 3.63) is 29.1 Å². The van der Waals surface area contributed by atoms with Gasteiger partial charge in [0.15, 0.2) is 0 Å². The van der Waals surface area contributed by atoms with E-state index in [-0.39, 0.29) is 54.5 Å². The summed E-state index contributed by atoms with van der Waals surface area (Å²) >= 11 is 0. The van der Waals surface area contributed by atoms with Crippen LogP contribution in [0.25, 0.3) is 0 Å². The third-order valence-electron chi connectivity index (χ3n) is 6.42. The van der Waals surface area contributed by atoms with Gasteiger partial charge in [-0.3, -0.25) is 19.3 Å². The van der Waals surface area contributed by atoms with Gasteiger partial charge >= 0.3 is 0 Å². The molecule has 5 rings (SSSR count). The highest BCUT2D eigenvalue weighted by Gasteiger charge is 2.62. The summed E-state index contributed by atoms with van der Waals surface area (Å²) in [4.78, 5) is 38.7. The number of halogens is 1. The molecule has 4 unspecified atom stereocenters. The number of benzene rings is 1. The summed E-state index contributed by atoms with van der Waals surface area (Å²) in [6, 6.07) is 3.37. The fourth-order valence-electron chi connectivity index (χ4n) is 5.05. The molecule has 4 heterocycles. The van der Waals surface area contributed by atoms with E-state index in [1.807, 2.05) is 6.07 Å². The fourth-order valence-corrected chi connectivity index (χ4v) is 5.05. The van der Waals surface area contributed by atoms with Gasteiger partial charge in [-0.2, -0.15) is 0 Å². The van der Waals surface area contributed by atoms with E-state index < -0.39 is 11.7 Å². The predicted molar refractivity (Wildman–Crippen MR) is 96.7 cm³/mol. The molecule has 1 aromatic carbocycles. The van der Waals surface area contributed by atoms with Gasteiger partial charge < -0.3 is 15.4 Å². The average molecular weight is 387 g/mol. The molecule has 4 atom stereocenters. The monoisotopic (exact) mass is 387 g/mol. The molecule has 0 spiro atoms. The van der Waals surface area contributed by atoms with Crippen molar-refractivity contribution in [1.29, 1.82) is 0 Å². The molecule has 28 heavy (non-hydrogen) atoms. The summed E-state index contributed by atoms with van der Waals surface area (Å²) in [5.74, 6) is -2.06. The Morgan fingerprint density at radius 2 is 1.93 bits per heavy atom. The highest BCUT2D eigenvalue weighted by molar-refractivity contribution is 6.06. The third-order valence-corrected chi connectivity index (χ3v) is 6.42. The molecule has 148 valence electrons. The zero-order valence-electron chi connectivity index (χ0n) is 15.4. The van der Waals surface area contributed by atoms with Gasteiger partial charge in [0.25, 0.3) is 0 Å². The lowest BCUT2D eigenvalue weighted by Crippen LogP contribution is -2.36. The summed E-state index contributed by atoms with van der Waals surface area (Å²) in [7, 11) is 0. The van der Waals surface area contributed by atoms with Crippen LogP contribution in [0.5, 0.6) is 0 Å². The number of hydrogen-bond donors (Lipinski definition) is 2. The number of carbonyl (C=O) groups excluding carboxylic acids is 3. The summed E-state index contributed by atoms with van der Waals surface area (Å²) in [5, 5.41) is 5.77. The van der Waals surface area contributed by atoms with E-state index in [0.29, 0.717) is 25.1 Å². The van der Waals surface area contributed by atoms with E-state index in [2.05, 4.69) is 10.6 Å². The molecule has 4 aliphatic rings. The van der Waals surface area contributed by atoms with E-state index in [0.717, 1.165) is 18.4 Å². The standard InChI is InChI=1S/C20H22FN3O4/c21-18-11-5-7-22-9-10(11)1-2-12(18)23-15(25)6-8-24-19(26)16-13-3-4-14(28-13)17(16)20(24)27/h1-2,13-14,16-17,22H,3-9H2,(H,23,25). The number of nitrogens with zero attached hydrogens (tertiary/aromatic N) is 1. The summed E-state index contributed by atoms with van der Waals surface area (Å²) in [6.07, 6.45) is 1.83. The average Bonchev–Trinajstić information content (AvgIpc) is 3.37. The Labute approximate surface area is 161 Å². The van der Waals surface area contributed by atoms with Gasteiger partial charge in [0.05, 0.1) is 29.7 Å². The van der Waals surface area contributed by atoms with Crippen LogP contribution < -0.4 is 10.6 Å². The number of likely N-dealkylation sites (tertiary alicyclic amines) is 1. The number of hydrogen-bond acceptors (Lipinski definition) is 5. The van der Waals surface area contributed by atoms with Crippen molar-refractivity contribution in [1.82, 2.24) is 10.2 Å². The molecule has 8 heteroatoms. The summed E-state index contributed by atoms with van der Waals surface area (Å²) in [5.41, 5.74) is 1.68. The van der Waals surface area contributed by atoms with E-state index in [1.165, 1.54) is 4.90 Å². The number of ether oxygens (including phenoxy) is 1. The maximum atomic E-state index is 14.7. The van der Waals surface area contributed by atoms with Gasteiger partial charge in [0, 0.05) is 19.5 Å². The molecule has 1 aromatic rings. The first kappa shape index (κ1) is 17.8. The highest BCUT2D eigenvalue weighted by Crippen LogP contribution is 2.48. The molecule has 0 aromatic heterocycles. The Morgan fingerprint density at radius 3 is 2.64 bits per heavy atom. The number of fused-ring (bicyclic) bond motifs is 6. The van der Waals surface area contributed by atoms with Crippen LogP contribution in [-0.2, 0) is 32.1 Å². The lowest BCUT2D eigenvalue weighted by molar-refractivity contribution is -0.142. The SMILES string of the molecule is O=C(CCN1C(=O)C2C3CCC(O3)C2C1=O)Nc1ccc2c(c1F)CCNC2. The smallest absolute Gasteiger partial charge is 0.235 e. The molecule has 2 N–H and O–H groups in total. The quantitative estimate of drug-likeness (QED) is 0.752. The van der Waals surface area contributed by atoms with E-state index in [9.17, 15) is 18.8 Å². The Kier molecular flexibility index (Phi) is 4.21. The van der Waals surface area contributed by atoms with Gasteiger partial charge in [0.2, 0.25) is 17.7 Å². The topological polar surface area (TPSA) is 87.7 Å². The van der Waals surface area contributed by atoms with E-state index >= 15 is 0 Å². The van der Waals surface area contributed by atoms with Crippen LogP contribution in [0.4, 0.5) is 10.1 Å². The van der Waals surface area contributed by atoms with Crippen LogP contribution in [0.1, 0.15) is 30.4 Å².